The highest BCUT2D eigenvalue weighted by Gasteiger charge is 2.12. The number of hydrogen-bond donors (Lipinski definition) is 0. The Morgan fingerprint density at radius 3 is 2.92 bits per heavy atom. The van der Waals surface area contributed by atoms with Crippen molar-refractivity contribution in [2.24, 2.45) is 0 Å². The molecular weight excluding hydrogens is 336 g/mol. The van der Waals surface area contributed by atoms with E-state index in [-0.39, 0.29) is 0 Å². The van der Waals surface area contributed by atoms with Crippen LogP contribution in [0.3, 0.4) is 0 Å². The van der Waals surface area contributed by atoms with Crippen molar-refractivity contribution < 1.29 is 4.52 Å². The molecule has 25 heavy (non-hydrogen) atoms. The lowest BCUT2D eigenvalue weighted by Crippen LogP contribution is -1.91. The van der Waals surface area contributed by atoms with Crippen LogP contribution < -0.4 is 0 Å². The minimum absolute atomic E-state index is 0.533. The first-order valence-electron chi connectivity index (χ1n) is 7.93. The van der Waals surface area contributed by atoms with Crippen LogP contribution in [0.1, 0.15) is 18.5 Å². The summed E-state index contributed by atoms with van der Waals surface area (Å²) in [5, 5.41) is 4.79. The lowest BCUT2D eigenvalue weighted by molar-refractivity contribution is 0.391. The minimum Gasteiger partial charge on any atom is -0.338 e. The van der Waals surface area contributed by atoms with Gasteiger partial charge >= 0.3 is 0 Å². The molecule has 4 rings (SSSR count). The molecule has 0 unspecified atom stereocenters. The molecule has 0 bridgehead atoms. The first-order chi connectivity index (χ1) is 12.2. The Balaban J connectivity index is 1.54. The molecule has 0 fully saturated rings. The monoisotopic (exact) mass is 352 g/mol. The van der Waals surface area contributed by atoms with Gasteiger partial charge in [0.25, 0.3) is 0 Å². The average Bonchev–Trinajstić information content (AvgIpc) is 3.26. The smallest absolute Gasteiger partial charge is 0.237 e. The number of thioether (sulfide) groups is 1. The van der Waals surface area contributed by atoms with Gasteiger partial charge in [-0.1, -0.05) is 16.9 Å². The molecule has 0 aliphatic rings. The van der Waals surface area contributed by atoms with Gasteiger partial charge in [-0.25, -0.2) is 15.0 Å². The van der Waals surface area contributed by atoms with E-state index < -0.39 is 0 Å². The molecule has 4 aromatic rings. The summed E-state index contributed by atoms with van der Waals surface area (Å²) in [4.78, 5) is 17.4. The number of imidazole rings is 1. The Labute approximate surface area is 148 Å². The second-order valence-electron chi connectivity index (χ2n) is 5.52. The van der Waals surface area contributed by atoms with Crippen molar-refractivity contribution in [3.8, 4) is 11.4 Å². The van der Waals surface area contributed by atoms with Crippen LogP contribution >= 0.6 is 11.8 Å². The summed E-state index contributed by atoms with van der Waals surface area (Å²) in [5.74, 6) is 1.66. The van der Waals surface area contributed by atoms with Gasteiger partial charge in [0.1, 0.15) is 0 Å². The van der Waals surface area contributed by atoms with Crippen LogP contribution in [0.5, 0.6) is 0 Å². The van der Waals surface area contributed by atoms with Crippen molar-refractivity contribution >= 4 is 22.8 Å². The predicted octanol–water partition coefficient (Wildman–Crippen LogP) is 3.50. The van der Waals surface area contributed by atoms with E-state index in [1.807, 2.05) is 37.5 Å². The molecule has 0 N–H and O–H groups in total. The van der Waals surface area contributed by atoms with E-state index in [0.717, 1.165) is 28.8 Å². The summed E-state index contributed by atoms with van der Waals surface area (Å²) in [5.41, 5.74) is 3.87. The largest absolute Gasteiger partial charge is 0.338 e. The average molecular weight is 352 g/mol. The van der Waals surface area contributed by atoms with Gasteiger partial charge in [0.15, 0.2) is 5.16 Å². The molecule has 0 saturated carbocycles. The maximum atomic E-state index is 5.36. The third-order valence-corrected chi connectivity index (χ3v) is 4.63. The Hall–Kier alpha value is -2.74. The second-order valence-corrected chi connectivity index (χ2v) is 6.46. The van der Waals surface area contributed by atoms with E-state index in [4.69, 9.17) is 4.52 Å². The van der Waals surface area contributed by atoms with Crippen LogP contribution in [0.2, 0.25) is 0 Å². The Morgan fingerprint density at radius 2 is 2.08 bits per heavy atom. The zero-order valence-corrected chi connectivity index (χ0v) is 14.7. The lowest BCUT2D eigenvalue weighted by atomic mass is 10.2. The van der Waals surface area contributed by atoms with Crippen molar-refractivity contribution in [2.45, 2.75) is 31.3 Å². The molecule has 0 saturated heterocycles. The molecule has 0 radical (unpaired) electrons. The van der Waals surface area contributed by atoms with E-state index >= 15 is 0 Å². The Kier molecular flexibility index (Phi) is 4.19. The van der Waals surface area contributed by atoms with Crippen molar-refractivity contribution in [1.29, 1.82) is 0 Å². The number of aryl methyl sites for hydroxylation is 2. The van der Waals surface area contributed by atoms with E-state index in [1.54, 1.807) is 6.20 Å². The van der Waals surface area contributed by atoms with E-state index in [1.165, 1.54) is 11.8 Å². The van der Waals surface area contributed by atoms with E-state index in [0.29, 0.717) is 22.6 Å². The third kappa shape index (κ3) is 3.25. The van der Waals surface area contributed by atoms with Crippen LogP contribution in [0.4, 0.5) is 0 Å². The fourth-order valence-electron chi connectivity index (χ4n) is 2.50. The molecule has 3 heterocycles. The summed E-state index contributed by atoms with van der Waals surface area (Å²) in [6.45, 7) is 4.89. The predicted molar refractivity (Wildman–Crippen MR) is 95.0 cm³/mol. The van der Waals surface area contributed by atoms with Gasteiger partial charge in [0, 0.05) is 24.0 Å². The maximum Gasteiger partial charge on any atom is 0.237 e. The molecule has 8 heteroatoms. The minimum atomic E-state index is 0.533. The number of rotatable bonds is 5. The van der Waals surface area contributed by atoms with E-state index in [9.17, 15) is 0 Å². The number of fused-ring (bicyclic) bond motifs is 1. The standard InChI is InChI=1S/C17H16N6OS/c1-3-23-10-19-13-5-4-12(8-14(13)23)16-21-15(24-22-16)9-25-17-18-7-6-11(2)20-17/h4-8,10H,3,9H2,1-2H3. The third-order valence-electron chi connectivity index (χ3n) is 3.79. The van der Waals surface area contributed by atoms with E-state index in [2.05, 4.69) is 36.6 Å². The van der Waals surface area contributed by atoms with Crippen molar-refractivity contribution in [2.75, 3.05) is 0 Å². The normalized spacial score (nSPS) is 11.3. The molecule has 7 nitrogen and oxygen atoms in total. The topological polar surface area (TPSA) is 82.5 Å². The summed E-state index contributed by atoms with van der Waals surface area (Å²) in [6, 6.07) is 7.84. The molecule has 126 valence electrons. The first-order valence-corrected chi connectivity index (χ1v) is 8.92. The summed E-state index contributed by atoms with van der Waals surface area (Å²) in [6.07, 6.45) is 3.59. The lowest BCUT2D eigenvalue weighted by Gasteiger charge is -2.00. The van der Waals surface area contributed by atoms with Gasteiger partial charge in [-0.2, -0.15) is 4.98 Å². The van der Waals surface area contributed by atoms with Gasteiger partial charge in [0.2, 0.25) is 11.7 Å². The second kappa shape index (κ2) is 6.64. The van der Waals surface area contributed by atoms with Crippen LogP contribution in [-0.4, -0.2) is 29.7 Å². The summed E-state index contributed by atoms with van der Waals surface area (Å²) in [7, 11) is 0. The van der Waals surface area contributed by atoms with Gasteiger partial charge in [-0.05, 0) is 38.1 Å². The fourth-order valence-corrected chi connectivity index (χ4v) is 3.21. The summed E-state index contributed by atoms with van der Waals surface area (Å²) >= 11 is 1.47. The molecular formula is C17H16N6OS. The number of benzene rings is 1. The highest BCUT2D eigenvalue weighted by molar-refractivity contribution is 7.98. The molecule has 0 atom stereocenters. The summed E-state index contributed by atoms with van der Waals surface area (Å²) < 4.78 is 7.45. The number of aromatic nitrogens is 6. The van der Waals surface area contributed by atoms with Crippen LogP contribution in [0, 0.1) is 6.92 Å². The van der Waals surface area contributed by atoms with Crippen LogP contribution in [0.25, 0.3) is 22.4 Å². The molecule has 0 aliphatic heterocycles. The first kappa shape index (κ1) is 15.8. The van der Waals surface area contributed by atoms with Gasteiger partial charge in [-0.15, -0.1) is 0 Å². The quantitative estimate of drug-likeness (QED) is 0.401. The molecule has 0 spiro atoms. The molecule has 0 aliphatic carbocycles. The SMILES string of the molecule is CCn1cnc2ccc(-c3noc(CSc4nccc(C)n4)n3)cc21. The fraction of sp³-hybridized carbons (Fsp3) is 0.235. The van der Waals surface area contributed by atoms with Crippen LogP contribution in [-0.2, 0) is 12.3 Å². The molecule has 0 amide bonds. The van der Waals surface area contributed by atoms with Gasteiger partial charge in [0.05, 0.1) is 23.1 Å². The zero-order chi connectivity index (χ0) is 17.2. The highest BCUT2D eigenvalue weighted by atomic mass is 32.2. The number of nitrogens with zero attached hydrogens (tertiary/aromatic N) is 6. The van der Waals surface area contributed by atoms with Gasteiger partial charge in [-0.3, -0.25) is 0 Å². The zero-order valence-electron chi connectivity index (χ0n) is 13.9. The number of hydrogen-bond acceptors (Lipinski definition) is 7. The molecule has 3 aromatic heterocycles. The van der Waals surface area contributed by atoms with Crippen molar-refractivity contribution in [3.63, 3.8) is 0 Å². The molecule has 1 aromatic carbocycles. The Bertz CT molecular complexity index is 1020. The van der Waals surface area contributed by atoms with Gasteiger partial charge < -0.3 is 9.09 Å². The highest BCUT2D eigenvalue weighted by Crippen LogP contribution is 2.24. The van der Waals surface area contributed by atoms with Crippen molar-refractivity contribution in [1.82, 2.24) is 29.7 Å². The van der Waals surface area contributed by atoms with Crippen LogP contribution in [0.15, 0.2) is 46.5 Å². The van der Waals surface area contributed by atoms with Crippen molar-refractivity contribution in [3.05, 3.63) is 48.4 Å². The maximum absolute atomic E-state index is 5.36. The Morgan fingerprint density at radius 1 is 1.16 bits per heavy atom.